The minimum atomic E-state index is -0.419. The highest BCUT2D eigenvalue weighted by Crippen LogP contribution is 2.38. The third-order valence-corrected chi connectivity index (χ3v) is 6.20. The Balaban J connectivity index is 1.68. The molecule has 0 saturated carbocycles. The lowest BCUT2D eigenvalue weighted by Crippen LogP contribution is -2.41. The summed E-state index contributed by atoms with van der Waals surface area (Å²) >= 11 is 7.45. The summed E-state index contributed by atoms with van der Waals surface area (Å²) in [5.74, 6) is 0.660. The van der Waals surface area contributed by atoms with Crippen molar-refractivity contribution in [2.75, 3.05) is 10.7 Å². The Labute approximate surface area is 172 Å². The van der Waals surface area contributed by atoms with Crippen LogP contribution in [0.15, 0.2) is 47.6 Å². The summed E-state index contributed by atoms with van der Waals surface area (Å²) in [5.41, 5.74) is 7.30. The first-order chi connectivity index (χ1) is 13.4. The van der Waals surface area contributed by atoms with E-state index in [4.69, 9.17) is 11.6 Å². The molecule has 2 N–H and O–H groups in total. The molecule has 4 rings (SSSR count). The molecule has 1 aromatic heterocycles. The molecule has 3 aromatic rings. The van der Waals surface area contributed by atoms with Gasteiger partial charge >= 0.3 is 0 Å². The number of hydrogen-bond acceptors (Lipinski definition) is 5. The molecule has 28 heavy (non-hydrogen) atoms. The highest BCUT2D eigenvalue weighted by Gasteiger charge is 2.37. The van der Waals surface area contributed by atoms with Crippen LogP contribution in [0.2, 0.25) is 5.02 Å². The zero-order chi connectivity index (χ0) is 19.8. The number of thioether (sulfide) groups is 1. The molecule has 1 aliphatic heterocycles. The van der Waals surface area contributed by atoms with Crippen LogP contribution in [0, 0.1) is 20.8 Å². The van der Waals surface area contributed by atoms with Crippen molar-refractivity contribution < 1.29 is 4.79 Å². The molecule has 0 bridgehead atoms. The highest BCUT2D eigenvalue weighted by atomic mass is 35.5. The van der Waals surface area contributed by atoms with Crippen LogP contribution in [0.4, 0.5) is 5.69 Å². The van der Waals surface area contributed by atoms with Crippen LogP contribution in [0.5, 0.6) is 0 Å². The van der Waals surface area contributed by atoms with E-state index in [1.54, 1.807) is 0 Å². The van der Waals surface area contributed by atoms with Crippen molar-refractivity contribution in [3.8, 4) is 0 Å². The summed E-state index contributed by atoms with van der Waals surface area (Å²) in [7, 11) is 0. The van der Waals surface area contributed by atoms with Gasteiger partial charge in [0, 0.05) is 10.7 Å². The Kier molecular flexibility index (Phi) is 5.03. The number of fused-ring (bicyclic) bond motifs is 1. The van der Waals surface area contributed by atoms with E-state index in [0.717, 1.165) is 28.2 Å². The van der Waals surface area contributed by atoms with E-state index in [1.165, 1.54) is 11.8 Å². The van der Waals surface area contributed by atoms with Gasteiger partial charge in [-0.3, -0.25) is 4.79 Å². The summed E-state index contributed by atoms with van der Waals surface area (Å²) in [6.45, 7) is 5.87. The van der Waals surface area contributed by atoms with E-state index in [9.17, 15) is 4.79 Å². The van der Waals surface area contributed by atoms with Crippen LogP contribution in [0.25, 0.3) is 0 Å². The number of nitrogens with one attached hydrogen (secondary N) is 2. The highest BCUT2D eigenvalue weighted by molar-refractivity contribution is 8.00. The van der Waals surface area contributed by atoms with E-state index < -0.39 is 5.25 Å². The van der Waals surface area contributed by atoms with Gasteiger partial charge in [-0.05, 0) is 55.7 Å². The van der Waals surface area contributed by atoms with Crippen LogP contribution in [-0.2, 0) is 4.79 Å². The van der Waals surface area contributed by atoms with Crippen molar-refractivity contribution in [2.45, 2.75) is 37.2 Å². The van der Waals surface area contributed by atoms with E-state index in [-0.39, 0.29) is 11.9 Å². The third kappa shape index (κ3) is 3.59. The molecule has 2 atom stereocenters. The number of nitrogens with zero attached hydrogens (tertiary/aromatic N) is 3. The molecular weight excluding hydrogens is 394 g/mol. The Morgan fingerprint density at radius 3 is 2.64 bits per heavy atom. The average Bonchev–Trinajstić information content (AvgIpc) is 3.04. The Hall–Kier alpha value is -2.51. The van der Waals surface area contributed by atoms with Crippen molar-refractivity contribution in [1.82, 2.24) is 14.9 Å². The van der Waals surface area contributed by atoms with Crippen molar-refractivity contribution in [2.24, 2.45) is 0 Å². The number of anilines is 1. The molecule has 2 heterocycles. The fraction of sp³-hybridized carbons (Fsp3) is 0.250. The van der Waals surface area contributed by atoms with Gasteiger partial charge in [-0.15, -0.1) is 10.2 Å². The molecule has 0 unspecified atom stereocenters. The van der Waals surface area contributed by atoms with Crippen LogP contribution < -0.4 is 10.7 Å². The SMILES string of the molecule is Cc1ccc(C)c(NC(=O)[C@H]2Sc3nnc(C)n3N[C@H]2c2ccc(Cl)cc2)c1. The van der Waals surface area contributed by atoms with Crippen LogP contribution >= 0.6 is 23.4 Å². The lowest BCUT2D eigenvalue weighted by molar-refractivity contribution is -0.116. The van der Waals surface area contributed by atoms with E-state index in [0.29, 0.717) is 10.2 Å². The first-order valence-electron chi connectivity index (χ1n) is 8.91. The summed E-state index contributed by atoms with van der Waals surface area (Å²) < 4.78 is 1.83. The molecule has 6 nitrogen and oxygen atoms in total. The molecule has 0 saturated heterocycles. The normalized spacial score (nSPS) is 18.3. The number of rotatable bonds is 3. The van der Waals surface area contributed by atoms with Gasteiger partial charge in [0.05, 0.1) is 6.04 Å². The molecule has 0 spiro atoms. The number of aromatic nitrogens is 3. The standard InChI is InChI=1S/C20H20ClN5OS/c1-11-4-5-12(2)16(10-11)22-19(27)18-17(14-6-8-15(21)9-7-14)25-26-13(3)23-24-20(26)28-18/h4-10,17-18,25H,1-3H3,(H,22,27)/t17-,18-/m0/s1. The molecule has 2 aromatic carbocycles. The van der Waals surface area contributed by atoms with Gasteiger partial charge in [-0.1, -0.05) is 47.6 Å². The second-order valence-corrected chi connectivity index (χ2v) is 8.41. The fourth-order valence-electron chi connectivity index (χ4n) is 3.16. The monoisotopic (exact) mass is 413 g/mol. The first-order valence-corrected chi connectivity index (χ1v) is 10.2. The third-order valence-electron chi connectivity index (χ3n) is 4.74. The second-order valence-electron chi connectivity index (χ2n) is 6.87. The van der Waals surface area contributed by atoms with Gasteiger partial charge in [-0.25, -0.2) is 4.68 Å². The second kappa shape index (κ2) is 7.48. The quantitative estimate of drug-likeness (QED) is 0.671. The van der Waals surface area contributed by atoms with Crippen LogP contribution in [-0.4, -0.2) is 26.0 Å². The zero-order valence-corrected chi connectivity index (χ0v) is 17.3. The Morgan fingerprint density at radius 2 is 1.89 bits per heavy atom. The predicted octanol–water partition coefficient (Wildman–Crippen LogP) is 4.25. The number of benzene rings is 2. The number of carbonyl (C=O) groups excluding carboxylic acids is 1. The maximum absolute atomic E-state index is 13.2. The van der Waals surface area contributed by atoms with Gasteiger partial charge < -0.3 is 10.7 Å². The number of carbonyl (C=O) groups is 1. The number of halogens is 1. The zero-order valence-electron chi connectivity index (χ0n) is 15.7. The van der Waals surface area contributed by atoms with Crippen molar-refractivity contribution in [1.29, 1.82) is 0 Å². The lowest BCUT2D eigenvalue weighted by atomic mass is 10.0. The fourth-order valence-corrected chi connectivity index (χ4v) is 4.41. The number of amides is 1. The van der Waals surface area contributed by atoms with E-state index >= 15 is 0 Å². The summed E-state index contributed by atoms with van der Waals surface area (Å²) in [5, 5.41) is 12.3. The average molecular weight is 414 g/mol. The van der Waals surface area contributed by atoms with Gasteiger partial charge in [0.15, 0.2) is 0 Å². The van der Waals surface area contributed by atoms with Crippen molar-refractivity contribution in [3.63, 3.8) is 0 Å². The summed E-state index contributed by atoms with van der Waals surface area (Å²) in [6, 6.07) is 13.3. The maximum atomic E-state index is 13.2. The Morgan fingerprint density at radius 1 is 1.14 bits per heavy atom. The first kappa shape index (κ1) is 18.8. The molecule has 0 fully saturated rings. The molecule has 1 aliphatic rings. The van der Waals surface area contributed by atoms with Crippen molar-refractivity contribution >= 4 is 35.0 Å². The molecule has 144 valence electrons. The molecule has 1 amide bonds. The summed E-state index contributed by atoms with van der Waals surface area (Å²) in [4.78, 5) is 13.2. The van der Waals surface area contributed by atoms with Crippen LogP contribution in [0.3, 0.4) is 0 Å². The molecule has 8 heteroatoms. The van der Waals surface area contributed by atoms with E-state index in [2.05, 4.69) is 20.9 Å². The molecule has 0 aliphatic carbocycles. The van der Waals surface area contributed by atoms with Crippen molar-refractivity contribution in [3.05, 3.63) is 70.0 Å². The smallest absolute Gasteiger partial charge is 0.240 e. The maximum Gasteiger partial charge on any atom is 0.240 e. The van der Waals surface area contributed by atoms with E-state index in [1.807, 2.05) is 67.9 Å². The Bertz CT molecular complexity index is 1030. The predicted molar refractivity (Wildman–Crippen MR) is 113 cm³/mol. The van der Waals surface area contributed by atoms with Gasteiger partial charge in [0.25, 0.3) is 0 Å². The minimum Gasteiger partial charge on any atom is -0.325 e. The molecular formula is C20H20ClN5OS. The van der Waals surface area contributed by atoms with Gasteiger partial charge in [0.2, 0.25) is 11.1 Å². The largest absolute Gasteiger partial charge is 0.325 e. The summed E-state index contributed by atoms with van der Waals surface area (Å²) in [6.07, 6.45) is 0. The lowest BCUT2D eigenvalue weighted by Gasteiger charge is -2.33. The van der Waals surface area contributed by atoms with Gasteiger partial charge in [-0.2, -0.15) is 0 Å². The number of aryl methyl sites for hydroxylation is 3. The minimum absolute atomic E-state index is 0.0851. The van der Waals surface area contributed by atoms with Crippen LogP contribution in [0.1, 0.15) is 28.6 Å². The molecule has 0 radical (unpaired) electrons. The number of hydrogen-bond donors (Lipinski definition) is 2. The van der Waals surface area contributed by atoms with Gasteiger partial charge in [0.1, 0.15) is 11.1 Å². The topological polar surface area (TPSA) is 71.8 Å².